The molecule has 1 atom stereocenters. The van der Waals surface area contributed by atoms with Crippen molar-refractivity contribution in [2.45, 2.75) is 19.3 Å². The molecular formula is C12H17NO4. The topological polar surface area (TPSA) is 67.8 Å². The van der Waals surface area contributed by atoms with Crippen LogP contribution in [0, 0.1) is 0 Å². The largest absolute Gasteiger partial charge is 0.507 e. The van der Waals surface area contributed by atoms with E-state index in [1.54, 1.807) is 25.1 Å². The second kappa shape index (κ2) is 6.22. The number of carbonyl (C=O) groups is 1. The Morgan fingerprint density at radius 2 is 1.88 bits per heavy atom. The van der Waals surface area contributed by atoms with Crippen molar-refractivity contribution in [3.8, 4) is 5.75 Å². The molecule has 1 unspecified atom stereocenters. The maximum Gasteiger partial charge on any atom is 0.255 e. The summed E-state index contributed by atoms with van der Waals surface area (Å²) in [5.74, 6) is -0.418. The number of methoxy groups -OCH3 is 2. The highest BCUT2D eigenvalue weighted by Gasteiger charge is 2.19. The van der Waals surface area contributed by atoms with Crippen LogP contribution in [0.1, 0.15) is 17.3 Å². The molecule has 0 fully saturated rings. The standard InChI is InChI=1S/C12H17NO4/c1-8(12(16-2)17-3)13-11(15)9-6-4-5-7-10(9)14/h4-8,12,14H,1-3H3,(H,13,15). The molecule has 1 aromatic carbocycles. The van der Waals surface area contributed by atoms with Crippen molar-refractivity contribution in [1.82, 2.24) is 5.32 Å². The van der Waals surface area contributed by atoms with Gasteiger partial charge in [-0.1, -0.05) is 12.1 Å². The predicted octanol–water partition coefficient (Wildman–Crippen LogP) is 1.13. The number of aromatic hydroxyl groups is 1. The van der Waals surface area contributed by atoms with Crippen LogP contribution in [0.4, 0.5) is 0 Å². The summed E-state index contributed by atoms with van der Waals surface area (Å²) in [6, 6.07) is 6.03. The van der Waals surface area contributed by atoms with Crippen molar-refractivity contribution in [1.29, 1.82) is 0 Å². The van der Waals surface area contributed by atoms with Crippen LogP contribution in [0.15, 0.2) is 24.3 Å². The van der Waals surface area contributed by atoms with Crippen LogP contribution in [0.5, 0.6) is 5.75 Å². The average molecular weight is 239 g/mol. The molecule has 1 rings (SSSR count). The van der Waals surface area contributed by atoms with Crippen LogP contribution < -0.4 is 5.32 Å². The molecule has 0 aliphatic heterocycles. The lowest BCUT2D eigenvalue weighted by Gasteiger charge is -2.22. The maximum atomic E-state index is 11.8. The van der Waals surface area contributed by atoms with E-state index in [4.69, 9.17) is 9.47 Å². The first kappa shape index (κ1) is 13.5. The van der Waals surface area contributed by atoms with Gasteiger partial charge < -0.3 is 19.9 Å². The van der Waals surface area contributed by atoms with Crippen LogP contribution in [0.3, 0.4) is 0 Å². The maximum absolute atomic E-state index is 11.8. The minimum Gasteiger partial charge on any atom is -0.507 e. The summed E-state index contributed by atoms with van der Waals surface area (Å²) in [5, 5.41) is 12.2. The van der Waals surface area contributed by atoms with Crippen LogP contribution in [0.2, 0.25) is 0 Å². The van der Waals surface area contributed by atoms with Crippen molar-refractivity contribution in [3.63, 3.8) is 0 Å². The molecule has 0 aliphatic carbocycles. The minimum atomic E-state index is -0.523. The molecule has 5 nitrogen and oxygen atoms in total. The predicted molar refractivity (Wildman–Crippen MR) is 62.8 cm³/mol. The van der Waals surface area contributed by atoms with Gasteiger partial charge in [-0.2, -0.15) is 0 Å². The van der Waals surface area contributed by atoms with Crippen LogP contribution in [-0.2, 0) is 9.47 Å². The number of hydrogen-bond donors (Lipinski definition) is 2. The zero-order chi connectivity index (χ0) is 12.8. The Labute approximate surface area is 100 Å². The number of hydrogen-bond acceptors (Lipinski definition) is 4. The molecular weight excluding hydrogens is 222 g/mol. The van der Waals surface area contributed by atoms with E-state index in [9.17, 15) is 9.90 Å². The zero-order valence-corrected chi connectivity index (χ0v) is 10.1. The molecule has 0 aliphatic rings. The Hall–Kier alpha value is -1.59. The Bertz CT molecular complexity index is 377. The molecule has 0 saturated heterocycles. The van der Waals surface area contributed by atoms with E-state index in [2.05, 4.69) is 5.32 Å². The number of carbonyl (C=O) groups excluding carboxylic acids is 1. The van der Waals surface area contributed by atoms with Gasteiger partial charge in [0.25, 0.3) is 5.91 Å². The number of ether oxygens (including phenoxy) is 2. The molecule has 0 saturated carbocycles. The molecule has 0 bridgehead atoms. The highest BCUT2D eigenvalue weighted by atomic mass is 16.7. The Balaban J connectivity index is 2.70. The van der Waals surface area contributed by atoms with Gasteiger partial charge in [0.15, 0.2) is 6.29 Å². The third kappa shape index (κ3) is 3.44. The lowest BCUT2D eigenvalue weighted by atomic mass is 10.1. The monoisotopic (exact) mass is 239 g/mol. The fourth-order valence-corrected chi connectivity index (χ4v) is 1.52. The highest BCUT2D eigenvalue weighted by Crippen LogP contribution is 2.15. The van der Waals surface area contributed by atoms with E-state index in [0.29, 0.717) is 0 Å². The number of phenolic OH excluding ortho intramolecular Hbond substituents is 1. The quantitative estimate of drug-likeness (QED) is 0.756. The fraction of sp³-hybridized carbons (Fsp3) is 0.417. The van der Waals surface area contributed by atoms with Gasteiger partial charge in [-0.25, -0.2) is 0 Å². The molecule has 0 heterocycles. The van der Waals surface area contributed by atoms with Gasteiger partial charge in [0.1, 0.15) is 5.75 Å². The van der Waals surface area contributed by atoms with Crippen molar-refractivity contribution in [3.05, 3.63) is 29.8 Å². The number of nitrogens with one attached hydrogen (secondary N) is 1. The Morgan fingerprint density at radius 1 is 1.29 bits per heavy atom. The second-order valence-electron chi connectivity index (χ2n) is 3.62. The van der Waals surface area contributed by atoms with Crippen molar-refractivity contribution in [2.75, 3.05) is 14.2 Å². The summed E-state index contributed by atoms with van der Waals surface area (Å²) in [7, 11) is 2.99. The van der Waals surface area contributed by atoms with E-state index >= 15 is 0 Å². The van der Waals surface area contributed by atoms with Crippen molar-refractivity contribution >= 4 is 5.91 Å². The van der Waals surface area contributed by atoms with Crippen LogP contribution in [-0.4, -0.2) is 37.6 Å². The van der Waals surface area contributed by atoms with Gasteiger partial charge in [0, 0.05) is 14.2 Å². The molecule has 0 radical (unpaired) electrons. The number of benzene rings is 1. The third-order valence-corrected chi connectivity index (χ3v) is 2.38. The summed E-state index contributed by atoms with van der Waals surface area (Å²) in [6.45, 7) is 1.76. The summed E-state index contributed by atoms with van der Waals surface area (Å²) < 4.78 is 10.1. The van der Waals surface area contributed by atoms with Gasteiger partial charge in [-0.05, 0) is 19.1 Å². The minimum absolute atomic E-state index is 0.0522. The first-order valence-corrected chi connectivity index (χ1v) is 5.24. The molecule has 0 aromatic heterocycles. The van der Waals surface area contributed by atoms with Gasteiger partial charge in [-0.15, -0.1) is 0 Å². The van der Waals surface area contributed by atoms with E-state index in [1.165, 1.54) is 20.3 Å². The third-order valence-electron chi connectivity index (χ3n) is 2.38. The van der Waals surface area contributed by atoms with E-state index < -0.39 is 6.29 Å². The lowest BCUT2D eigenvalue weighted by molar-refractivity contribution is -0.117. The number of amides is 1. The van der Waals surface area contributed by atoms with Crippen molar-refractivity contribution in [2.24, 2.45) is 0 Å². The first-order valence-electron chi connectivity index (χ1n) is 5.24. The van der Waals surface area contributed by atoms with Crippen molar-refractivity contribution < 1.29 is 19.4 Å². The Kier molecular flexibility index (Phi) is 4.93. The second-order valence-corrected chi connectivity index (χ2v) is 3.62. The van der Waals surface area contributed by atoms with E-state index in [-0.39, 0.29) is 23.3 Å². The summed E-state index contributed by atoms with van der Waals surface area (Å²) in [5.41, 5.74) is 0.227. The van der Waals surface area contributed by atoms with Crippen LogP contribution in [0.25, 0.3) is 0 Å². The number of para-hydroxylation sites is 1. The highest BCUT2D eigenvalue weighted by molar-refractivity contribution is 5.96. The number of rotatable bonds is 5. The van der Waals surface area contributed by atoms with E-state index in [0.717, 1.165) is 0 Å². The summed E-state index contributed by atoms with van der Waals surface area (Å²) in [6.07, 6.45) is -0.523. The molecule has 0 spiro atoms. The molecule has 5 heteroatoms. The lowest BCUT2D eigenvalue weighted by Crippen LogP contribution is -2.42. The smallest absolute Gasteiger partial charge is 0.255 e. The van der Waals surface area contributed by atoms with Crippen LogP contribution >= 0.6 is 0 Å². The first-order chi connectivity index (χ1) is 8.10. The van der Waals surface area contributed by atoms with Gasteiger partial charge >= 0.3 is 0 Å². The normalized spacial score (nSPS) is 12.5. The Morgan fingerprint density at radius 3 is 2.41 bits per heavy atom. The molecule has 2 N–H and O–H groups in total. The van der Waals surface area contributed by atoms with Gasteiger partial charge in [-0.3, -0.25) is 4.79 Å². The SMILES string of the molecule is COC(OC)C(C)NC(=O)c1ccccc1O. The molecule has 1 aromatic rings. The molecule has 94 valence electrons. The summed E-state index contributed by atoms with van der Waals surface area (Å²) >= 11 is 0. The van der Waals surface area contributed by atoms with Gasteiger partial charge in [0.2, 0.25) is 0 Å². The van der Waals surface area contributed by atoms with Gasteiger partial charge in [0.05, 0.1) is 11.6 Å². The van der Waals surface area contributed by atoms with E-state index in [1.807, 2.05) is 0 Å². The number of phenols is 1. The summed E-state index contributed by atoms with van der Waals surface area (Å²) in [4.78, 5) is 11.8. The average Bonchev–Trinajstić information content (AvgIpc) is 2.31. The molecule has 17 heavy (non-hydrogen) atoms. The zero-order valence-electron chi connectivity index (χ0n) is 10.1. The fourth-order valence-electron chi connectivity index (χ4n) is 1.52. The molecule has 1 amide bonds.